The second-order valence-corrected chi connectivity index (χ2v) is 7.70. The van der Waals surface area contributed by atoms with E-state index < -0.39 is 5.41 Å². The molecule has 2 fully saturated rings. The fourth-order valence-electron chi connectivity index (χ4n) is 4.14. The van der Waals surface area contributed by atoms with E-state index in [-0.39, 0.29) is 30.2 Å². The van der Waals surface area contributed by atoms with E-state index in [1.807, 2.05) is 37.3 Å². The molecule has 2 heterocycles. The molecular weight excluding hydrogens is 352 g/mol. The maximum absolute atomic E-state index is 13.1. The highest BCUT2D eigenvalue weighted by molar-refractivity contribution is 6.03. The Hall–Kier alpha value is -3.20. The van der Waals surface area contributed by atoms with Gasteiger partial charge < -0.3 is 10.2 Å². The monoisotopic (exact) mass is 374 g/mol. The van der Waals surface area contributed by atoms with Gasteiger partial charge >= 0.3 is 0 Å². The summed E-state index contributed by atoms with van der Waals surface area (Å²) < 4.78 is 0. The Bertz CT molecular complexity index is 949. The van der Waals surface area contributed by atoms with Gasteiger partial charge in [0.2, 0.25) is 11.8 Å². The average Bonchev–Trinajstić information content (AvgIpc) is 3.49. The van der Waals surface area contributed by atoms with Crippen LogP contribution >= 0.6 is 0 Å². The molecule has 1 saturated heterocycles. The van der Waals surface area contributed by atoms with E-state index in [1.54, 1.807) is 23.2 Å². The van der Waals surface area contributed by atoms with Crippen LogP contribution in [0.25, 0.3) is 0 Å². The van der Waals surface area contributed by atoms with E-state index in [4.69, 9.17) is 0 Å². The standard InChI is InChI=1S/C22H22N4O2/c1-15-13-22(14-23,17-7-8-17)21(28)26(15)18-9-10-24-19(12-18)25-20(27)11-16-5-3-2-4-6-16/h2-6,9-10,12,15,17H,7-8,11,13H2,1H3,(H,24,25,27)/t15-,22?/m0/s1. The molecule has 0 radical (unpaired) electrons. The lowest BCUT2D eigenvalue weighted by molar-refractivity contribution is -0.123. The number of hydrogen-bond acceptors (Lipinski definition) is 4. The summed E-state index contributed by atoms with van der Waals surface area (Å²) in [5.74, 6) is 0.280. The number of hydrogen-bond donors (Lipinski definition) is 1. The van der Waals surface area contributed by atoms with Gasteiger partial charge in [0.15, 0.2) is 0 Å². The molecule has 1 saturated carbocycles. The minimum Gasteiger partial charge on any atom is -0.310 e. The number of benzene rings is 1. The van der Waals surface area contributed by atoms with E-state index in [2.05, 4.69) is 16.4 Å². The first-order valence-corrected chi connectivity index (χ1v) is 9.58. The SMILES string of the molecule is C[C@H]1CC(C#N)(C2CC2)C(=O)N1c1ccnc(NC(=O)Cc2ccccc2)c1. The lowest BCUT2D eigenvalue weighted by Crippen LogP contribution is -2.37. The Morgan fingerprint density at radius 2 is 2.07 bits per heavy atom. The zero-order valence-electron chi connectivity index (χ0n) is 15.8. The van der Waals surface area contributed by atoms with Gasteiger partial charge in [-0.3, -0.25) is 9.59 Å². The molecule has 142 valence electrons. The van der Waals surface area contributed by atoms with E-state index in [0.29, 0.717) is 17.9 Å². The molecule has 1 unspecified atom stereocenters. The molecule has 28 heavy (non-hydrogen) atoms. The summed E-state index contributed by atoms with van der Waals surface area (Å²) in [6, 6.07) is 15.2. The summed E-state index contributed by atoms with van der Waals surface area (Å²) in [4.78, 5) is 31.3. The first-order chi connectivity index (χ1) is 13.5. The number of pyridine rings is 1. The van der Waals surface area contributed by atoms with E-state index in [0.717, 1.165) is 18.4 Å². The summed E-state index contributed by atoms with van der Waals surface area (Å²) in [5, 5.41) is 12.5. The highest BCUT2D eigenvalue weighted by atomic mass is 16.2. The minimum atomic E-state index is -0.903. The molecule has 0 bridgehead atoms. The van der Waals surface area contributed by atoms with Crippen LogP contribution in [0.4, 0.5) is 11.5 Å². The van der Waals surface area contributed by atoms with Gasteiger partial charge in [-0.1, -0.05) is 30.3 Å². The molecular formula is C22H22N4O2. The van der Waals surface area contributed by atoms with E-state index in [1.165, 1.54) is 0 Å². The number of rotatable bonds is 5. The predicted molar refractivity (Wildman–Crippen MR) is 105 cm³/mol. The van der Waals surface area contributed by atoms with Crippen LogP contribution in [0.2, 0.25) is 0 Å². The van der Waals surface area contributed by atoms with Gasteiger partial charge in [0, 0.05) is 24.0 Å². The third-order valence-corrected chi connectivity index (χ3v) is 5.63. The van der Waals surface area contributed by atoms with E-state index >= 15 is 0 Å². The first-order valence-electron chi connectivity index (χ1n) is 9.58. The molecule has 1 aliphatic carbocycles. The minimum absolute atomic E-state index is 0.0666. The number of nitrogens with one attached hydrogen (secondary N) is 1. The smallest absolute Gasteiger partial charge is 0.248 e. The van der Waals surface area contributed by atoms with Crippen LogP contribution in [-0.4, -0.2) is 22.8 Å². The molecule has 2 atom stereocenters. The van der Waals surface area contributed by atoms with Crippen molar-refractivity contribution in [2.24, 2.45) is 11.3 Å². The van der Waals surface area contributed by atoms with Crippen molar-refractivity contribution in [1.29, 1.82) is 5.26 Å². The zero-order valence-corrected chi connectivity index (χ0v) is 15.8. The van der Waals surface area contributed by atoms with Gasteiger partial charge in [-0.25, -0.2) is 4.98 Å². The van der Waals surface area contributed by atoms with Crippen LogP contribution in [0.5, 0.6) is 0 Å². The first kappa shape index (κ1) is 18.2. The van der Waals surface area contributed by atoms with Gasteiger partial charge in [-0.05, 0) is 43.7 Å². The lowest BCUT2D eigenvalue weighted by atomic mass is 9.81. The zero-order chi connectivity index (χ0) is 19.7. The van der Waals surface area contributed by atoms with Gasteiger partial charge in [0.1, 0.15) is 11.2 Å². The molecule has 1 aliphatic heterocycles. The van der Waals surface area contributed by atoms with Crippen molar-refractivity contribution in [1.82, 2.24) is 4.98 Å². The summed E-state index contributed by atoms with van der Waals surface area (Å²) in [6.45, 7) is 1.97. The van der Waals surface area contributed by atoms with Crippen LogP contribution in [0.1, 0.15) is 31.7 Å². The molecule has 6 heteroatoms. The fraction of sp³-hybridized carbons (Fsp3) is 0.364. The van der Waals surface area contributed by atoms with Crippen molar-refractivity contribution in [3.63, 3.8) is 0 Å². The van der Waals surface area contributed by atoms with Crippen LogP contribution < -0.4 is 10.2 Å². The Balaban J connectivity index is 1.52. The Kier molecular flexibility index (Phi) is 4.60. The van der Waals surface area contributed by atoms with Crippen molar-refractivity contribution in [2.45, 2.75) is 38.6 Å². The third kappa shape index (κ3) is 3.24. The highest BCUT2D eigenvalue weighted by Gasteiger charge is 2.59. The van der Waals surface area contributed by atoms with Crippen LogP contribution in [-0.2, 0) is 16.0 Å². The predicted octanol–water partition coefficient (Wildman–Crippen LogP) is 3.31. The molecule has 4 rings (SSSR count). The summed E-state index contributed by atoms with van der Waals surface area (Å²) in [7, 11) is 0. The van der Waals surface area contributed by atoms with Gasteiger partial charge in [0.25, 0.3) is 0 Å². The fourth-order valence-corrected chi connectivity index (χ4v) is 4.14. The molecule has 2 aromatic rings. The van der Waals surface area contributed by atoms with Crippen molar-refractivity contribution in [3.05, 3.63) is 54.2 Å². The number of carbonyl (C=O) groups is 2. The maximum Gasteiger partial charge on any atom is 0.248 e. The van der Waals surface area contributed by atoms with Crippen LogP contribution in [0.15, 0.2) is 48.7 Å². The second kappa shape index (κ2) is 7.08. The van der Waals surface area contributed by atoms with Crippen LogP contribution in [0.3, 0.4) is 0 Å². The number of carbonyl (C=O) groups excluding carboxylic acids is 2. The van der Waals surface area contributed by atoms with Gasteiger partial charge in [-0.15, -0.1) is 0 Å². The molecule has 0 spiro atoms. The number of aromatic nitrogens is 1. The van der Waals surface area contributed by atoms with Gasteiger partial charge in [-0.2, -0.15) is 5.26 Å². The Morgan fingerprint density at radius 1 is 1.32 bits per heavy atom. The molecule has 1 aromatic heterocycles. The third-order valence-electron chi connectivity index (χ3n) is 5.63. The number of anilines is 2. The molecule has 2 amide bonds. The second-order valence-electron chi connectivity index (χ2n) is 7.70. The van der Waals surface area contributed by atoms with Crippen molar-refractivity contribution >= 4 is 23.3 Å². The average molecular weight is 374 g/mol. The number of amides is 2. The van der Waals surface area contributed by atoms with E-state index in [9.17, 15) is 14.9 Å². The van der Waals surface area contributed by atoms with Gasteiger partial charge in [0.05, 0.1) is 12.5 Å². The maximum atomic E-state index is 13.1. The largest absolute Gasteiger partial charge is 0.310 e. The Morgan fingerprint density at radius 3 is 2.75 bits per heavy atom. The Labute approximate surface area is 164 Å². The summed E-state index contributed by atoms with van der Waals surface area (Å²) in [6.07, 6.45) is 4.26. The normalized spacial score (nSPS) is 24.1. The molecule has 6 nitrogen and oxygen atoms in total. The summed E-state index contributed by atoms with van der Waals surface area (Å²) >= 11 is 0. The molecule has 1 N–H and O–H groups in total. The van der Waals surface area contributed by atoms with Crippen LogP contribution in [0, 0.1) is 22.7 Å². The quantitative estimate of drug-likeness (QED) is 0.870. The van der Waals surface area contributed by atoms with Crippen molar-refractivity contribution in [3.8, 4) is 6.07 Å². The van der Waals surface area contributed by atoms with Crippen molar-refractivity contribution in [2.75, 3.05) is 10.2 Å². The molecule has 2 aliphatic rings. The highest BCUT2D eigenvalue weighted by Crippen LogP contribution is 2.53. The number of nitriles is 1. The topological polar surface area (TPSA) is 86.1 Å². The van der Waals surface area contributed by atoms with Crippen molar-refractivity contribution < 1.29 is 9.59 Å². The number of nitrogens with zero attached hydrogens (tertiary/aromatic N) is 3. The molecule has 1 aromatic carbocycles. The lowest BCUT2D eigenvalue weighted by Gasteiger charge is -2.23. The summed E-state index contributed by atoms with van der Waals surface area (Å²) in [5.41, 5.74) is 0.683.